The molecule has 0 aromatic rings. The van der Waals surface area contributed by atoms with Crippen LogP contribution in [0.3, 0.4) is 0 Å². The van der Waals surface area contributed by atoms with Crippen LogP contribution in [0.2, 0.25) is 0 Å². The van der Waals surface area contributed by atoms with Crippen molar-refractivity contribution in [2.24, 2.45) is 11.8 Å². The predicted octanol–water partition coefficient (Wildman–Crippen LogP) is 4.89. The van der Waals surface area contributed by atoms with E-state index in [1.807, 2.05) is 6.92 Å². The highest BCUT2D eigenvalue weighted by atomic mass is 16.5. The minimum atomic E-state index is -0.130. The van der Waals surface area contributed by atoms with Crippen LogP contribution in [0, 0.1) is 11.8 Å². The lowest BCUT2D eigenvalue weighted by atomic mass is 10.1. The summed E-state index contributed by atoms with van der Waals surface area (Å²) in [6.07, 6.45) is 6.37. The average molecular weight is 328 g/mol. The van der Waals surface area contributed by atoms with Gasteiger partial charge in [0.15, 0.2) is 0 Å². The van der Waals surface area contributed by atoms with Crippen molar-refractivity contribution in [2.45, 2.75) is 92.1 Å². The first-order valence-electron chi connectivity index (χ1n) is 9.20. The Hall–Kier alpha value is -1.06. The van der Waals surface area contributed by atoms with Crippen LogP contribution in [-0.4, -0.2) is 24.6 Å². The van der Waals surface area contributed by atoms with Crippen LogP contribution in [0.25, 0.3) is 0 Å². The zero-order chi connectivity index (χ0) is 17.7. The molecule has 4 heteroatoms. The van der Waals surface area contributed by atoms with Gasteiger partial charge in [0, 0.05) is 12.8 Å². The van der Waals surface area contributed by atoms with E-state index >= 15 is 0 Å². The molecule has 0 bridgehead atoms. The number of ether oxygens (including phenoxy) is 2. The largest absolute Gasteiger partial charge is 0.465 e. The predicted molar refractivity (Wildman–Crippen MR) is 93.1 cm³/mol. The van der Waals surface area contributed by atoms with Crippen LogP contribution < -0.4 is 0 Å². The normalized spacial score (nSPS) is 13.7. The Labute approximate surface area is 142 Å². The van der Waals surface area contributed by atoms with Crippen molar-refractivity contribution in [2.75, 3.05) is 6.61 Å². The number of unbranched alkanes of at least 4 members (excludes halogenated alkanes) is 2. The molecule has 0 N–H and O–H groups in total. The molecular weight excluding hydrogens is 292 g/mol. The van der Waals surface area contributed by atoms with E-state index in [2.05, 4.69) is 27.7 Å². The smallest absolute Gasteiger partial charge is 0.306 e. The maximum atomic E-state index is 11.7. The average Bonchev–Trinajstić information content (AvgIpc) is 2.44. The lowest BCUT2D eigenvalue weighted by molar-refractivity contribution is -0.149. The fourth-order valence-corrected chi connectivity index (χ4v) is 2.59. The van der Waals surface area contributed by atoms with Gasteiger partial charge in [0.05, 0.1) is 12.7 Å². The molecule has 0 saturated carbocycles. The molecule has 4 nitrogen and oxygen atoms in total. The second-order valence-corrected chi connectivity index (χ2v) is 7.07. The van der Waals surface area contributed by atoms with Crippen molar-refractivity contribution in [1.29, 1.82) is 0 Å². The molecule has 2 atom stereocenters. The van der Waals surface area contributed by atoms with Crippen LogP contribution in [0.1, 0.15) is 86.0 Å². The van der Waals surface area contributed by atoms with Gasteiger partial charge in [0.2, 0.25) is 0 Å². The summed E-state index contributed by atoms with van der Waals surface area (Å²) in [5.74, 6) is 0.714. The molecule has 0 saturated heterocycles. The number of rotatable bonds is 13. The fourth-order valence-electron chi connectivity index (χ4n) is 2.59. The highest BCUT2D eigenvalue weighted by Gasteiger charge is 2.11. The third-order valence-corrected chi connectivity index (χ3v) is 3.71. The first kappa shape index (κ1) is 21.9. The fraction of sp³-hybridized carbons (Fsp3) is 0.895. The molecule has 23 heavy (non-hydrogen) atoms. The van der Waals surface area contributed by atoms with Crippen LogP contribution in [0.5, 0.6) is 0 Å². The van der Waals surface area contributed by atoms with Crippen LogP contribution in [0.15, 0.2) is 0 Å². The highest BCUT2D eigenvalue weighted by molar-refractivity contribution is 5.70. The van der Waals surface area contributed by atoms with Gasteiger partial charge in [0.25, 0.3) is 0 Å². The molecule has 0 aliphatic heterocycles. The van der Waals surface area contributed by atoms with E-state index in [0.717, 1.165) is 38.5 Å². The van der Waals surface area contributed by atoms with E-state index in [4.69, 9.17) is 9.47 Å². The second-order valence-electron chi connectivity index (χ2n) is 7.07. The zero-order valence-electron chi connectivity index (χ0n) is 15.7. The molecule has 0 aliphatic carbocycles. The van der Waals surface area contributed by atoms with Crippen molar-refractivity contribution >= 4 is 11.9 Å². The number of carbonyl (C=O) groups excluding carboxylic acids is 2. The molecular formula is C19H36O4. The Bertz CT molecular complexity index is 325. The molecule has 0 amide bonds. The lowest BCUT2D eigenvalue weighted by Crippen LogP contribution is -2.16. The van der Waals surface area contributed by atoms with Gasteiger partial charge in [-0.2, -0.15) is 0 Å². The topological polar surface area (TPSA) is 52.6 Å². The Kier molecular flexibility index (Phi) is 12.8. The molecule has 136 valence electrons. The molecule has 0 aromatic carbocycles. The molecule has 0 aliphatic rings. The number of hydrogen-bond acceptors (Lipinski definition) is 4. The molecule has 0 aromatic heterocycles. The first-order valence-corrected chi connectivity index (χ1v) is 9.20. The van der Waals surface area contributed by atoms with E-state index in [1.54, 1.807) is 0 Å². The summed E-state index contributed by atoms with van der Waals surface area (Å²) < 4.78 is 10.6. The lowest BCUT2D eigenvalue weighted by Gasteiger charge is -2.15. The van der Waals surface area contributed by atoms with E-state index < -0.39 is 0 Å². The molecule has 0 heterocycles. The van der Waals surface area contributed by atoms with Gasteiger partial charge in [-0.15, -0.1) is 0 Å². The van der Waals surface area contributed by atoms with Crippen molar-refractivity contribution in [3.05, 3.63) is 0 Å². The van der Waals surface area contributed by atoms with E-state index in [0.29, 0.717) is 31.3 Å². The minimum absolute atomic E-state index is 0.0115. The quantitative estimate of drug-likeness (QED) is 0.356. The summed E-state index contributed by atoms with van der Waals surface area (Å²) in [4.78, 5) is 23.2. The monoisotopic (exact) mass is 328 g/mol. The second kappa shape index (κ2) is 13.4. The maximum absolute atomic E-state index is 11.7. The van der Waals surface area contributed by atoms with Crippen molar-refractivity contribution in [3.63, 3.8) is 0 Å². The van der Waals surface area contributed by atoms with E-state index in [9.17, 15) is 9.59 Å². The molecule has 0 spiro atoms. The third-order valence-electron chi connectivity index (χ3n) is 3.71. The van der Waals surface area contributed by atoms with Crippen LogP contribution >= 0.6 is 0 Å². The standard InChI is InChI=1S/C19H36O4/c1-6-10-16(4)14-22-18(20)11-8-7-9-12-19(21)23-17(5)13-15(2)3/h15-17H,6-14H2,1-5H3. The Morgan fingerprint density at radius 2 is 1.52 bits per heavy atom. The van der Waals surface area contributed by atoms with Crippen LogP contribution in [-0.2, 0) is 19.1 Å². The summed E-state index contributed by atoms with van der Waals surface area (Å²) in [5.41, 5.74) is 0. The number of carbonyl (C=O) groups is 2. The van der Waals surface area contributed by atoms with Crippen molar-refractivity contribution < 1.29 is 19.1 Å². The van der Waals surface area contributed by atoms with Gasteiger partial charge < -0.3 is 9.47 Å². The van der Waals surface area contributed by atoms with Gasteiger partial charge in [-0.3, -0.25) is 9.59 Å². The summed E-state index contributed by atoms with van der Waals surface area (Å²) in [6, 6.07) is 0. The van der Waals surface area contributed by atoms with E-state index in [1.165, 1.54) is 0 Å². The van der Waals surface area contributed by atoms with Gasteiger partial charge in [-0.05, 0) is 44.4 Å². The maximum Gasteiger partial charge on any atom is 0.306 e. The SMILES string of the molecule is CCCC(C)COC(=O)CCCCCC(=O)OC(C)CC(C)C. The summed E-state index contributed by atoms with van der Waals surface area (Å²) in [7, 11) is 0. The Morgan fingerprint density at radius 1 is 0.913 bits per heavy atom. The van der Waals surface area contributed by atoms with Gasteiger partial charge in [-0.25, -0.2) is 0 Å². The highest BCUT2D eigenvalue weighted by Crippen LogP contribution is 2.11. The summed E-state index contributed by atoms with van der Waals surface area (Å²) in [5, 5.41) is 0. The third kappa shape index (κ3) is 14.3. The number of hydrogen-bond donors (Lipinski definition) is 0. The number of esters is 2. The first-order chi connectivity index (χ1) is 10.8. The molecule has 0 rings (SSSR count). The zero-order valence-corrected chi connectivity index (χ0v) is 15.7. The van der Waals surface area contributed by atoms with Crippen LogP contribution in [0.4, 0.5) is 0 Å². The van der Waals surface area contributed by atoms with Gasteiger partial charge in [-0.1, -0.05) is 40.5 Å². The minimum Gasteiger partial charge on any atom is -0.465 e. The molecule has 2 unspecified atom stereocenters. The summed E-state index contributed by atoms with van der Waals surface area (Å²) >= 11 is 0. The van der Waals surface area contributed by atoms with Gasteiger partial charge >= 0.3 is 11.9 Å². The Balaban J connectivity index is 3.57. The van der Waals surface area contributed by atoms with E-state index in [-0.39, 0.29) is 18.0 Å². The van der Waals surface area contributed by atoms with Crippen molar-refractivity contribution in [1.82, 2.24) is 0 Å². The molecule has 0 fully saturated rings. The summed E-state index contributed by atoms with van der Waals surface area (Å²) in [6.45, 7) is 10.9. The molecule has 0 radical (unpaired) electrons. The van der Waals surface area contributed by atoms with Gasteiger partial charge in [0.1, 0.15) is 0 Å². The Morgan fingerprint density at radius 3 is 2.09 bits per heavy atom. The van der Waals surface area contributed by atoms with Crippen molar-refractivity contribution in [3.8, 4) is 0 Å².